The molecular weight excluding hydrogens is 366 g/mol. The average molecular weight is 399 g/mol. The van der Waals surface area contributed by atoms with E-state index in [1.807, 2.05) is 0 Å². The molecule has 0 spiro atoms. The lowest BCUT2D eigenvalue weighted by Gasteiger charge is -2.21. The second kappa shape index (κ2) is 7.71. The van der Waals surface area contributed by atoms with E-state index in [-0.39, 0.29) is 0 Å². The molecule has 0 fully saturated rings. The van der Waals surface area contributed by atoms with E-state index in [4.69, 9.17) is 4.98 Å². The molecule has 4 aromatic rings. The SMILES string of the molecule is Cc1ccccc1-c1cc2nc(C)n(-c3c(C(C)C)cccc3C(C)C)c2c[n+]1C. The van der Waals surface area contributed by atoms with Gasteiger partial charge < -0.3 is 0 Å². The van der Waals surface area contributed by atoms with Crippen molar-refractivity contribution < 1.29 is 4.57 Å². The van der Waals surface area contributed by atoms with E-state index in [0.717, 1.165) is 16.9 Å². The normalized spacial score (nSPS) is 11.8. The zero-order valence-electron chi connectivity index (χ0n) is 19.2. The van der Waals surface area contributed by atoms with E-state index >= 15 is 0 Å². The highest BCUT2D eigenvalue weighted by Gasteiger charge is 2.23. The van der Waals surface area contributed by atoms with Crippen LogP contribution in [0.5, 0.6) is 0 Å². The molecule has 0 aliphatic carbocycles. The minimum atomic E-state index is 0.440. The van der Waals surface area contributed by atoms with Gasteiger partial charge in [0.2, 0.25) is 5.69 Å². The van der Waals surface area contributed by atoms with Gasteiger partial charge in [-0.2, -0.15) is 4.57 Å². The molecule has 0 amide bonds. The Labute approximate surface area is 180 Å². The van der Waals surface area contributed by atoms with Crippen LogP contribution in [0.25, 0.3) is 28.0 Å². The van der Waals surface area contributed by atoms with Crippen molar-refractivity contribution >= 4 is 11.0 Å². The van der Waals surface area contributed by atoms with Crippen LogP contribution in [0.3, 0.4) is 0 Å². The molecule has 3 heteroatoms. The molecule has 4 rings (SSSR count). The van der Waals surface area contributed by atoms with Gasteiger partial charge >= 0.3 is 0 Å². The first-order valence-electron chi connectivity index (χ1n) is 10.9. The van der Waals surface area contributed by atoms with Gasteiger partial charge in [-0.1, -0.05) is 64.1 Å². The molecule has 2 aromatic heterocycles. The number of imidazole rings is 1. The Bertz CT molecular complexity index is 1200. The Morgan fingerprint density at radius 1 is 0.867 bits per heavy atom. The topological polar surface area (TPSA) is 21.7 Å². The van der Waals surface area contributed by atoms with Gasteiger partial charge in [-0.15, -0.1) is 0 Å². The molecule has 0 aliphatic rings. The van der Waals surface area contributed by atoms with E-state index < -0.39 is 0 Å². The minimum absolute atomic E-state index is 0.440. The minimum Gasteiger partial charge on any atom is -0.291 e. The summed E-state index contributed by atoms with van der Waals surface area (Å²) in [4.78, 5) is 5.00. The number of aromatic nitrogens is 3. The van der Waals surface area contributed by atoms with Crippen molar-refractivity contribution in [3.05, 3.63) is 77.2 Å². The Morgan fingerprint density at radius 2 is 1.50 bits per heavy atom. The van der Waals surface area contributed by atoms with Crippen LogP contribution >= 0.6 is 0 Å². The molecule has 2 heterocycles. The monoisotopic (exact) mass is 398 g/mol. The lowest BCUT2D eigenvalue weighted by atomic mass is 9.92. The molecule has 30 heavy (non-hydrogen) atoms. The van der Waals surface area contributed by atoms with Crippen LogP contribution < -0.4 is 4.57 Å². The van der Waals surface area contributed by atoms with Crippen LogP contribution in [0.1, 0.15) is 62.0 Å². The summed E-state index contributed by atoms with van der Waals surface area (Å²) in [6, 6.07) is 17.5. The molecule has 0 atom stereocenters. The number of hydrogen-bond acceptors (Lipinski definition) is 1. The van der Waals surface area contributed by atoms with Crippen LogP contribution in [0.4, 0.5) is 0 Å². The molecule has 0 aliphatic heterocycles. The van der Waals surface area contributed by atoms with E-state index in [9.17, 15) is 0 Å². The highest BCUT2D eigenvalue weighted by molar-refractivity contribution is 5.81. The first-order chi connectivity index (χ1) is 14.3. The van der Waals surface area contributed by atoms with Gasteiger partial charge in [-0.25, -0.2) is 4.98 Å². The summed E-state index contributed by atoms with van der Waals surface area (Å²) in [5, 5.41) is 0. The van der Waals surface area contributed by atoms with Crippen molar-refractivity contribution in [2.45, 2.75) is 53.4 Å². The maximum Gasteiger partial charge on any atom is 0.214 e. The summed E-state index contributed by atoms with van der Waals surface area (Å²) < 4.78 is 4.59. The van der Waals surface area contributed by atoms with Crippen molar-refractivity contribution in [1.29, 1.82) is 0 Å². The highest BCUT2D eigenvalue weighted by Crippen LogP contribution is 2.34. The van der Waals surface area contributed by atoms with Gasteiger partial charge in [-0.3, -0.25) is 4.57 Å². The number of hydrogen-bond donors (Lipinski definition) is 0. The van der Waals surface area contributed by atoms with Crippen LogP contribution in [0.15, 0.2) is 54.7 Å². The van der Waals surface area contributed by atoms with Crippen LogP contribution in [0, 0.1) is 13.8 Å². The fourth-order valence-corrected chi connectivity index (χ4v) is 4.47. The van der Waals surface area contributed by atoms with Gasteiger partial charge in [0.1, 0.15) is 23.9 Å². The Hall–Kier alpha value is -2.94. The molecule has 0 saturated heterocycles. The quantitative estimate of drug-likeness (QED) is 0.366. The number of benzene rings is 2. The predicted octanol–water partition coefficient (Wildman–Crippen LogP) is 6.38. The molecule has 3 nitrogen and oxygen atoms in total. The molecule has 0 unspecified atom stereocenters. The lowest BCUT2D eigenvalue weighted by molar-refractivity contribution is -0.659. The highest BCUT2D eigenvalue weighted by atomic mass is 15.1. The first kappa shape index (κ1) is 20.3. The summed E-state index contributed by atoms with van der Waals surface area (Å²) >= 11 is 0. The third-order valence-corrected chi connectivity index (χ3v) is 6.07. The number of aryl methyl sites for hydroxylation is 3. The summed E-state index contributed by atoms with van der Waals surface area (Å²) in [7, 11) is 2.13. The molecule has 0 bridgehead atoms. The lowest BCUT2D eigenvalue weighted by Crippen LogP contribution is -2.31. The van der Waals surface area contributed by atoms with Crippen molar-refractivity contribution in [3.63, 3.8) is 0 Å². The van der Waals surface area contributed by atoms with Crippen LogP contribution in [-0.4, -0.2) is 9.55 Å². The fraction of sp³-hybridized carbons (Fsp3) is 0.333. The van der Waals surface area contributed by atoms with Crippen molar-refractivity contribution in [2.24, 2.45) is 7.05 Å². The molecule has 0 N–H and O–H groups in total. The largest absolute Gasteiger partial charge is 0.291 e. The Morgan fingerprint density at radius 3 is 2.10 bits per heavy atom. The standard InChI is InChI=1S/C27H32N3/c1-17(2)21-13-10-14-22(18(3)4)27(21)30-20(6)28-24-15-25(29(7)16-26(24)30)23-12-9-8-11-19(23)5/h8-18H,1-7H3/q+1. The van der Waals surface area contributed by atoms with E-state index in [1.165, 1.54) is 33.6 Å². The van der Waals surface area contributed by atoms with Gasteiger partial charge in [0.05, 0.1) is 5.69 Å². The Balaban J connectivity index is 2.03. The zero-order valence-corrected chi connectivity index (χ0v) is 19.2. The average Bonchev–Trinajstić information content (AvgIpc) is 3.01. The van der Waals surface area contributed by atoms with Crippen molar-refractivity contribution in [2.75, 3.05) is 0 Å². The second-order valence-electron chi connectivity index (χ2n) is 8.94. The van der Waals surface area contributed by atoms with E-state index in [1.54, 1.807) is 0 Å². The van der Waals surface area contributed by atoms with Gasteiger partial charge in [-0.05, 0) is 48.4 Å². The van der Waals surface area contributed by atoms with Crippen LogP contribution in [-0.2, 0) is 7.05 Å². The van der Waals surface area contributed by atoms with Gasteiger partial charge in [0.25, 0.3) is 0 Å². The second-order valence-corrected chi connectivity index (χ2v) is 8.94. The molecule has 2 aromatic carbocycles. The van der Waals surface area contributed by atoms with Crippen molar-refractivity contribution in [1.82, 2.24) is 9.55 Å². The summed E-state index contributed by atoms with van der Waals surface area (Å²) in [6.45, 7) is 13.4. The summed E-state index contributed by atoms with van der Waals surface area (Å²) in [5.41, 5.74) is 9.94. The third-order valence-electron chi connectivity index (χ3n) is 6.07. The molecule has 0 saturated carbocycles. The van der Waals surface area contributed by atoms with E-state index in [2.05, 4.69) is 112 Å². The predicted molar refractivity (Wildman–Crippen MR) is 125 cm³/mol. The number of para-hydroxylation sites is 1. The maximum atomic E-state index is 5.00. The number of nitrogens with zero attached hydrogens (tertiary/aromatic N) is 3. The Kier molecular flexibility index (Phi) is 5.23. The number of rotatable bonds is 4. The third kappa shape index (κ3) is 3.32. The van der Waals surface area contributed by atoms with Crippen molar-refractivity contribution in [3.8, 4) is 16.9 Å². The van der Waals surface area contributed by atoms with Gasteiger partial charge in [0, 0.05) is 11.6 Å². The summed E-state index contributed by atoms with van der Waals surface area (Å²) in [5.74, 6) is 1.91. The molecule has 0 radical (unpaired) electrons. The molecular formula is C27H32N3+. The summed E-state index contributed by atoms with van der Waals surface area (Å²) in [6.07, 6.45) is 2.23. The van der Waals surface area contributed by atoms with Crippen LogP contribution in [0.2, 0.25) is 0 Å². The first-order valence-corrected chi connectivity index (χ1v) is 10.9. The smallest absolute Gasteiger partial charge is 0.214 e. The van der Waals surface area contributed by atoms with Gasteiger partial charge in [0.15, 0.2) is 6.20 Å². The number of fused-ring (bicyclic) bond motifs is 1. The number of pyridine rings is 1. The van der Waals surface area contributed by atoms with E-state index in [0.29, 0.717) is 11.8 Å². The fourth-order valence-electron chi connectivity index (χ4n) is 4.47. The maximum absolute atomic E-state index is 5.00. The molecule has 154 valence electrons. The zero-order chi connectivity index (χ0) is 21.6.